The molecule has 2 aromatic carbocycles. The van der Waals surface area contributed by atoms with Crippen molar-refractivity contribution in [2.24, 2.45) is 5.73 Å². The minimum Gasteiger partial charge on any atom is -0.496 e. The number of primary amides is 1. The highest BCUT2D eigenvalue weighted by molar-refractivity contribution is 5.99. The SMILES string of the molecule is C=C/C(=C\c1c(C)ccn1C1CCN(CCc2c(OC)cccc2-c2ccccc2)CC1)C(N)=O. The van der Waals surface area contributed by atoms with E-state index in [1.165, 1.54) is 22.8 Å². The zero-order valence-corrected chi connectivity index (χ0v) is 20.7. The van der Waals surface area contributed by atoms with E-state index in [4.69, 9.17) is 10.5 Å². The highest BCUT2D eigenvalue weighted by Gasteiger charge is 2.23. The number of hydrogen-bond donors (Lipinski definition) is 1. The van der Waals surface area contributed by atoms with Gasteiger partial charge < -0.3 is 19.9 Å². The van der Waals surface area contributed by atoms with Crippen LogP contribution in [-0.2, 0) is 11.2 Å². The van der Waals surface area contributed by atoms with Crippen LogP contribution in [0.5, 0.6) is 5.75 Å². The molecule has 5 nitrogen and oxygen atoms in total. The van der Waals surface area contributed by atoms with Crippen LogP contribution in [-0.4, -0.2) is 42.1 Å². The lowest BCUT2D eigenvalue weighted by molar-refractivity contribution is -0.114. The number of aryl methyl sites for hydroxylation is 1. The van der Waals surface area contributed by atoms with Crippen molar-refractivity contribution >= 4 is 12.0 Å². The topological polar surface area (TPSA) is 60.5 Å². The Hall–Kier alpha value is -3.57. The average Bonchev–Trinajstić information content (AvgIpc) is 3.26. The van der Waals surface area contributed by atoms with Crippen LogP contribution < -0.4 is 10.5 Å². The first-order valence-electron chi connectivity index (χ1n) is 12.3. The molecule has 5 heteroatoms. The quantitative estimate of drug-likeness (QED) is 0.337. The summed E-state index contributed by atoms with van der Waals surface area (Å²) < 4.78 is 8.03. The van der Waals surface area contributed by atoms with E-state index in [1.807, 2.05) is 12.1 Å². The van der Waals surface area contributed by atoms with E-state index in [1.54, 1.807) is 7.11 Å². The number of amides is 1. The van der Waals surface area contributed by atoms with E-state index in [-0.39, 0.29) is 0 Å². The lowest BCUT2D eigenvalue weighted by atomic mass is 9.96. The molecule has 4 rings (SSSR count). The fourth-order valence-electron chi connectivity index (χ4n) is 5.04. The Labute approximate surface area is 208 Å². The van der Waals surface area contributed by atoms with Crippen molar-refractivity contribution in [3.8, 4) is 16.9 Å². The fourth-order valence-corrected chi connectivity index (χ4v) is 5.04. The number of benzene rings is 2. The second-order valence-corrected chi connectivity index (χ2v) is 9.13. The number of carbonyl (C=O) groups is 1. The molecule has 0 saturated carbocycles. The first kappa shape index (κ1) is 24.6. The largest absolute Gasteiger partial charge is 0.496 e. The number of nitrogens with two attached hydrogens (primary N) is 1. The van der Waals surface area contributed by atoms with Crippen LogP contribution in [0.25, 0.3) is 17.2 Å². The first-order chi connectivity index (χ1) is 17.0. The van der Waals surface area contributed by atoms with Crippen LogP contribution >= 0.6 is 0 Å². The number of rotatable bonds is 9. The molecule has 3 aromatic rings. The molecule has 1 fully saturated rings. The molecule has 2 N–H and O–H groups in total. The van der Waals surface area contributed by atoms with E-state index in [2.05, 4.69) is 77.7 Å². The number of methoxy groups -OCH3 is 1. The number of carbonyl (C=O) groups excluding carboxylic acids is 1. The summed E-state index contributed by atoms with van der Waals surface area (Å²) in [5, 5.41) is 0. The third-order valence-electron chi connectivity index (χ3n) is 7.03. The molecule has 0 bridgehead atoms. The second kappa shape index (κ2) is 11.2. The zero-order chi connectivity index (χ0) is 24.8. The Kier molecular flexibility index (Phi) is 7.88. The number of piperidine rings is 1. The monoisotopic (exact) mass is 469 g/mol. The summed E-state index contributed by atoms with van der Waals surface area (Å²) in [4.78, 5) is 14.2. The Balaban J connectivity index is 1.44. The zero-order valence-electron chi connectivity index (χ0n) is 20.7. The summed E-state index contributed by atoms with van der Waals surface area (Å²) >= 11 is 0. The molecule has 1 amide bonds. The third kappa shape index (κ3) is 5.57. The molecule has 1 aliphatic rings. The second-order valence-electron chi connectivity index (χ2n) is 9.13. The van der Waals surface area contributed by atoms with Gasteiger partial charge in [-0.15, -0.1) is 0 Å². The molecular weight excluding hydrogens is 434 g/mol. The molecule has 1 aromatic heterocycles. The maximum atomic E-state index is 11.7. The van der Waals surface area contributed by atoms with Gasteiger partial charge in [-0.1, -0.05) is 55.1 Å². The van der Waals surface area contributed by atoms with E-state index >= 15 is 0 Å². The predicted octanol–water partition coefficient (Wildman–Crippen LogP) is 5.41. The van der Waals surface area contributed by atoms with Crippen molar-refractivity contribution in [2.45, 2.75) is 32.2 Å². The van der Waals surface area contributed by atoms with Crippen LogP contribution in [0.2, 0.25) is 0 Å². The molecule has 0 aliphatic carbocycles. The van der Waals surface area contributed by atoms with Crippen molar-refractivity contribution in [3.05, 3.63) is 95.8 Å². The molecule has 35 heavy (non-hydrogen) atoms. The minimum absolute atomic E-state index is 0.399. The lowest BCUT2D eigenvalue weighted by Gasteiger charge is -2.33. The van der Waals surface area contributed by atoms with Gasteiger partial charge in [0.25, 0.3) is 0 Å². The van der Waals surface area contributed by atoms with Gasteiger partial charge in [-0.25, -0.2) is 0 Å². The molecule has 182 valence electrons. The normalized spacial score (nSPS) is 15.2. The van der Waals surface area contributed by atoms with Crippen molar-refractivity contribution < 1.29 is 9.53 Å². The van der Waals surface area contributed by atoms with Crippen molar-refractivity contribution in [1.82, 2.24) is 9.47 Å². The third-order valence-corrected chi connectivity index (χ3v) is 7.03. The fraction of sp³-hybridized carbons (Fsp3) is 0.300. The van der Waals surface area contributed by atoms with E-state index in [0.29, 0.717) is 11.6 Å². The van der Waals surface area contributed by atoms with Gasteiger partial charge in [0.2, 0.25) is 5.91 Å². The van der Waals surface area contributed by atoms with E-state index in [9.17, 15) is 4.79 Å². The Morgan fingerprint density at radius 1 is 1.11 bits per heavy atom. The lowest BCUT2D eigenvalue weighted by Crippen LogP contribution is -2.36. The summed E-state index contributed by atoms with van der Waals surface area (Å²) in [7, 11) is 1.75. The number of nitrogens with zero attached hydrogens (tertiary/aromatic N) is 2. The summed E-state index contributed by atoms with van der Waals surface area (Å²) in [5.74, 6) is 0.501. The average molecular weight is 470 g/mol. The first-order valence-corrected chi connectivity index (χ1v) is 12.3. The molecule has 0 unspecified atom stereocenters. The van der Waals surface area contributed by atoms with Crippen molar-refractivity contribution in [1.29, 1.82) is 0 Å². The highest BCUT2D eigenvalue weighted by atomic mass is 16.5. The van der Waals surface area contributed by atoms with Gasteiger partial charge in [-0.2, -0.15) is 0 Å². The Bertz CT molecular complexity index is 1200. The highest BCUT2D eigenvalue weighted by Crippen LogP contribution is 2.32. The van der Waals surface area contributed by atoms with Crippen LogP contribution in [0, 0.1) is 6.92 Å². The Morgan fingerprint density at radius 2 is 1.86 bits per heavy atom. The summed E-state index contributed by atoms with van der Waals surface area (Å²) in [6, 6.07) is 19.3. The van der Waals surface area contributed by atoms with Gasteiger partial charge in [0.15, 0.2) is 0 Å². The maximum Gasteiger partial charge on any atom is 0.248 e. The number of hydrogen-bond acceptors (Lipinski definition) is 3. The molecule has 1 saturated heterocycles. The predicted molar refractivity (Wildman–Crippen MR) is 143 cm³/mol. The standard InChI is InChI=1S/C30H35N3O2/c1-4-23(30(31)34)21-28-22(2)13-20-33(28)25-14-17-32(18-15-25)19-16-27-26(11-8-12-29(27)35-3)24-9-6-5-7-10-24/h4-13,20-21,25H,1,14-19H2,2-3H3,(H2,31,34)/b23-21+. The number of ether oxygens (including phenoxy) is 1. The smallest absolute Gasteiger partial charge is 0.248 e. The molecule has 2 heterocycles. The van der Waals surface area contributed by atoms with Gasteiger partial charge in [0.1, 0.15) is 5.75 Å². The molecule has 0 radical (unpaired) electrons. The molecule has 1 aliphatic heterocycles. The summed E-state index contributed by atoms with van der Waals surface area (Å²) in [6.07, 6.45) is 8.59. The summed E-state index contributed by atoms with van der Waals surface area (Å²) in [6.45, 7) is 8.86. The number of likely N-dealkylation sites (tertiary alicyclic amines) is 1. The minimum atomic E-state index is -0.451. The van der Waals surface area contributed by atoms with Gasteiger partial charge in [0.05, 0.1) is 7.11 Å². The van der Waals surface area contributed by atoms with Gasteiger partial charge in [-0.05, 0) is 61.1 Å². The van der Waals surface area contributed by atoms with Crippen LogP contribution in [0.4, 0.5) is 0 Å². The van der Waals surface area contributed by atoms with Gasteiger partial charge >= 0.3 is 0 Å². The maximum absolute atomic E-state index is 11.7. The van der Waals surface area contributed by atoms with Crippen molar-refractivity contribution in [2.75, 3.05) is 26.7 Å². The molecular formula is C30H35N3O2. The summed E-state index contributed by atoms with van der Waals surface area (Å²) in [5.41, 5.74) is 11.9. The van der Waals surface area contributed by atoms with Crippen molar-refractivity contribution in [3.63, 3.8) is 0 Å². The van der Waals surface area contributed by atoms with Gasteiger partial charge in [-0.3, -0.25) is 4.79 Å². The number of aromatic nitrogens is 1. The molecule has 0 atom stereocenters. The van der Waals surface area contributed by atoms with E-state index < -0.39 is 5.91 Å². The Morgan fingerprint density at radius 3 is 2.51 bits per heavy atom. The van der Waals surface area contributed by atoms with Crippen LogP contribution in [0.3, 0.4) is 0 Å². The van der Waals surface area contributed by atoms with Gasteiger partial charge in [0, 0.05) is 48.7 Å². The molecule has 0 spiro atoms. The van der Waals surface area contributed by atoms with Crippen LogP contribution in [0.1, 0.15) is 35.7 Å². The van der Waals surface area contributed by atoms with E-state index in [0.717, 1.165) is 55.9 Å². The van der Waals surface area contributed by atoms with Crippen LogP contribution in [0.15, 0.2) is 79.0 Å².